The van der Waals surface area contributed by atoms with Crippen LogP contribution in [0, 0.1) is 11.7 Å². The highest BCUT2D eigenvalue weighted by atomic mass is 19.1. The van der Waals surface area contributed by atoms with Gasteiger partial charge in [-0.25, -0.2) is 4.39 Å². The van der Waals surface area contributed by atoms with Crippen molar-refractivity contribution in [2.45, 2.75) is 25.8 Å². The highest BCUT2D eigenvalue weighted by Crippen LogP contribution is 2.30. The van der Waals surface area contributed by atoms with Crippen LogP contribution in [0.1, 0.15) is 41.7 Å². The Hall–Kier alpha value is -3.67. The summed E-state index contributed by atoms with van der Waals surface area (Å²) >= 11 is 0. The number of para-hydroxylation sites is 1. The Bertz CT molecular complexity index is 1080. The monoisotopic (exact) mass is 417 g/mol. The molecule has 158 valence electrons. The minimum atomic E-state index is -0.316. The van der Waals surface area contributed by atoms with Crippen molar-refractivity contribution in [3.8, 4) is 0 Å². The molecule has 0 spiro atoms. The van der Waals surface area contributed by atoms with Crippen LogP contribution in [0.5, 0.6) is 0 Å². The van der Waals surface area contributed by atoms with E-state index in [9.17, 15) is 14.0 Å². The smallest absolute Gasteiger partial charge is 0.253 e. The van der Waals surface area contributed by atoms with Crippen LogP contribution in [0.2, 0.25) is 0 Å². The number of rotatable bonds is 7. The maximum Gasteiger partial charge on any atom is 0.253 e. The molecule has 0 radical (unpaired) electrons. The molecule has 0 bridgehead atoms. The molecule has 1 aliphatic carbocycles. The molecule has 0 aromatic heterocycles. The molecule has 5 nitrogen and oxygen atoms in total. The lowest BCUT2D eigenvalue weighted by atomic mass is 10.1. The summed E-state index contributed by atoms with van der Waals surface area (Å²) in [5.41, 5.74) is 3.51. The number of amides is 2. The summed E-state index contributed by atoms with van der Waals surface area (Å²) in [4.78, 5) is 24.8. The van der Waals surface area contributed by atoms with Crippen molar-refractivity contribution in [3.05, 3.63) is 89.7 Å². The number of hydrogen-bond donors (Lipinski definition) is 3. The molecular formula is C25H24FN3O2. The Morgan fingerprint density at radius 1 is 0.903 bits per heavy atom. The van der Waals surface area contributed by atoms with Crippen LogP contribution >= 0.6 is 0 Å². The van der Waals surface area contributed by atoms with Crippen molar-refractivity contribution in [1.82, 2.24) is 5.32 Å². The molecule has 1 aliphatic rings. The number of hydrogen-bond acceptors (Lipinski definition) is 3. The standard InChI is InChI=1S/C25H24FN3O2/c1-16(17-8-12-21(13-9-17)29-24(30)18-6-7-18)27-25(31)22-4-2-3-5-23(22)28-20-14-10-19(26)11-15-20/h2-5,8-16,18,28H,6-7H2,1H3,(H,27,31)(H,29,30). The van der Waals surface area contributed by atoms with Crippen molar-refractivity contribution >= 4 is 28.9 Å². The molecule has 6 heteroatoms. The van der Waals surface area contributed by atoms with Gasteiger partial charge in [-0.3, -0.25) is 9.59 Å². The lowest BCUT2D eigenvalue weighted by molar-refractivity contribution is -0.117. The van der Waals surface area contributed by atoms with Crippen LogP contribution in [0.4, 0.5) is 21.5 Å². The van der Waals surface area contributed by atoms with E-state index >= 15 is 0 Å². The van der Waals surface area contributed by atoms with Crippen LogP contribution in [-0.2, 0) is 4.79 Å². The van der Waals surface area contributed by atoms with Gasteiger partial charge in [0.2, 0.25) is 5.91 Å². The summed E-state index contributed by atoms with van der Waals surface area (Å²) in [6.45, 7) is 1.91. The second-order valence-electron chi connectivity index (χ2n) is 7.76. The first kappa shape index (κ1) is 20.6. The quantitative estimate of drug-likeness (QED) is 0.481. The normalized spacial score (nSPS) is 13.9. The predicted octanol–water partition coefficient (Wildman–Crippen LogP) is 5.41. The van der Waals surface area contributed by atoms with Crippen molar-refractivity contribution in [2.24, 2.45) is 5.92 Å². The molecule has 0 heterocycles. The minimum Gasteiger partial charge on any atom is -0.355 e. The summed E-state index contributed by atoms with van der Waals surface area (Å²) in [6, 6.07) is 20.4. The van der Waals surface area contributed by atoms with Crippen LogP contribution < -0.4 is 16.0 Å². The molecule has 0 saturated heterocycles. The van der Waals surface area contributed by atoms with Gasteiger partial charge in [0.15, 0.2) is 0 Å². The molecule has 1 saturated carbocycles. The molecule has 4 rings (SSSR count). The zero-order chi connectivity index (χ0) is 21.8. The number of carbonyl (C=O) groups excluding carboxylic acids is 2. The summed E-state index contributed by atoms with van der Waals surface area (Å²) < 4.78 is 13.2. The third kappa shape index (κ3) is 5.28. The molecule has 3 aromatic rings. The van der Waals surface area contributed by atoms with Crippen molar-refractivity contribution < 1.29 is 14.0 Å². The molecule has 31 heavy (non-hydrogen) atoms. The topological polar surface area (TPSA) is 70.2 Å². The van der Waals surface area contributed by atoms with E-state index in [4.69, 9.17) is 0 Å². The van der Waals surface area contributed by atoms with Crippen LogP contribution in [0.25, 0.3) is 0 Å². The van der Waals surface area contributed by atoms with E-state index < -0.39 is 0 Å². The summed E-state index contributed by atoms with van der Waals surface area (Å²) in [5, 5.41) is 9.09. The lowest BCUT2D eigenvalue weighted by Crippen LogP contribution is -2.27. The number of halogens is 1. The second kappa shape index (κ2) is 9.00. The maximum absolute atomic E-state index is 13.2. The van der Waals surface area contributed by atoms with E-state index in [1.807, 2.05) is 37.3 Å². The van der Waals surface area contributed by atoms with Gasteiger partial charge in [0, 0.05) is 17.3 Å². The molecule has 1 unspecified atom stereocenters. The zero-order valence-electron chi connectivity index (χ0n) is 17.2. The van der Waals surface area contributed by atoms with Gasteiger partial charge in [0.1, 0.15) is 5.82 Å². The number of carbonyl (C=O) groups is 2. The third-order valence-electron chi connectivity index (χ3n) is 5.27. The highest BCUT2D eigenvalue weighted by molar-refractivity contribution is 6.00. The number of nitrogens with one attached hydrogen (secondary N) is 3. The Kier molecular flexibility index (Phi) is 5.98. The fourth-order valence-electron chi connectivity index (χ4n) is 3.28. The Balaban J connectivity index is 1.41. The fourth-order valence-corrected chi connectivity index (χ4v) is 3.28. The number of benzene rings is 3. The van der Waals surface area contributed by atoms with Crippen LogP contribution in [0.3, 0.4) is 0 Å². The van der Waals surface area contributed by atoms with E-state index in [-0.39, 0.29) is 29.6 Å². The maximum atomic E-state index is 13.2. The molecular weight excluding hydrogens is 393 g/mol. The molecule has 1 atom stereocenters. The summed E-state index contributed by atoms with van der Waals surface area (Å²) in [5.74, 6) is -0.312. The molecule has 2 amide bonds. The molecule has 0 aliphatic heterocycles. The van der Waals surface area contributed by atoms with Gasteiger partial charge >= 0.3 is 0 Å². The third-order valence-corrected chi connectivity index (χ3v) is 5.27. The highest BCUT2D eigenvalue weighted by Gasteiger charge is 2.29. The van der Waals surface area contributed by atoms with E-state index in [2.05, 4.69) is 16.0 Å². The first-order valence-corrected chi connectivity index (χ1v) is 10.3. The summed E-state index contributed by atoms with van der Waals surface area (Å²) in [6.07, 6.45) is 1.93. The average Bonchev–Trinajstić information content (AvgIpc) is 3.62. The minimum absolute atomic E-state index is 0.0689. The number of anilines is 3. The molecule has 3 N–H and O–H groups in total. The lowest BCUT2D eigenvalue weighted by Gasteiger charge is -2.17. The first-order valence-electron chi connectivity index (χ1n) is 10.3. The molecule has 3 aromatic carbocycles. The second-order valence-corrected chi connectivity index (χ2v) is 7.76. The van der Waals surface area contributed by atoms with E-state index in [1.54, 1.807) is 30.3 Å². The zero-order valence-corrected chi connectivity index (χ0v) is 17.2. The van der Waals surface area contributed by atoms with Crippen molar-refractivity contribution in [1.29, 1.82) is 0 Å². The van der Waals surface area contributed by atoms with E-state index in [1.165, 1.54) is 12.1 Å². The SMILES string of the molecule is CC(NC(=O)c1ccccc1Nc1ccc(F)cc1)c1ccc(NC(=O)C2CC2)cc1. The summed E-state index contributed by atoms with van der Waals surface area (Å²) in [7, 11) is 0. The van der Waals surface area contributed by atoms with Gasteiger partial charge in [-0.1, -0.05) is 24.3 Å². The largest absolute Gasteiger partial charge is 0.355 e. The predicted molar refractivity (Wildman–Crippen MR) is 120 cm³/mol. The van der Waals surface area contributed by atoms with Crippen molar-refractivity contribution in [2.75, 3.05) is 10.6 Å². The van der Waals surface area contributed by atoms with E-state index in [0.717, 1.165) is 24.1 Å². The van der Waals surface area contributed by atoms with Crippen LogP contribution in [-0.4, -0.2) is 11.8 Å². The van der Waals surface area contributed by atoms with Gasteiger partial charge in [-0.05, 0) is 73.9 Å². The van der Waals surface area contributed by atoms with Crippen molar-refractivity contribution in [3.63, 3.8) is 0 Å². The first-order chi connectivity index (χ1) is 15.0. The van der Waals surface area contributed by atoms with E-state index in [0.29, 0.717) is 16.9 Å². The van der Waals surface area contributed by atoms with Gasteiger partial charge in [0.05, 0.1) is 17.3 Å². The van der Waals surface area contributed by atoms with Gasteiger partial charge < -0.3 is 16.0 Å². The van der Waals surface area contributed by atoms with Crippen LogP contribution in [0.15, 0.2) is 72.8 Å². The Labute approximate surface area is 180 Å². The fraction of sp³-hybridized carbons (Fsp3) is 0.200. The van der Waals surface area contributed by atoms with Gasteiger partial charge in [-0.15, -0.1) is 0 Å². The Morgan fingerprint density at radius 3 is 2.23 bits per heavy atom. The average molecular weight is 417 g/mol. The molecule has 1 fully saturated rings. The Morgan fingerprint density at radius 2 is 1.55 bits per heavy atom. The van der Waals surface area contributed by atoms with Gasteiger partial charge in [-0.2, -0.15) is 0 Å². The van der Waals surface area contributed by atoms with Gasteiger partial charge in [0.25, 0.3) is 5.91 Å².